The number of fused-ring (bicyclic) bond motifs is 3. The highest BCUT2D eigenvalue weighted by Crippen LogP contribution is 2.38. The quantitative estimate of drug-likeness (QED) is 0.382. The Labute approximate surface area is 185 Å². The summed E-state index contributed by atoms with van der Waals surface area (Å²) in [4.78, 5) is 0. The average molecular weight is 428 g/mol. The lowest BCUT2D eigenvalue weighted by Crippen LogP contribution is -2.03. The molecule has 7 heteroatoms. The van der Waals surface area contributed by atoms with Gasteiger partial charge in [0.05, 0.1) is 40.6 Å². The van der Waals surface area contributed by atoms with Crippen molar-refractivity contribution in [3.63, 3.8) is 0 Å². The van der Waals surface area contributed by atoms with E-state index in [9.17, 15) is 0 Å². The lowest BCUT2D eigenvalue weighted by atomic mass is 10.2. The number of aromatic nitrogens is 4. The summed E-state index contributed by atoms with van der Waals surface area (Å²) in [5.41, 5.74) is 4.25. The molecular formula is C25H24N4O3. The van der Waals surface area contributed by atoms with E-state index in [1.54, 1.807) is 21.3 Å². The zero-order valence-corrected chi connectivity index (χ0v) is 18.3. The normalized spacial score (nSPS) is 11.2. The number of methoxy groups -OCH3 is 3. The molecule has 5 rings (SSSR count). The Kier molecular flexibility index (Phi) is 5.15. The van der Waals surface area contributed by atoms with Gasteiger partial charge in [0, 0.05) is 21.8 Å². The molecule has 2 heterocycles. The number of rotatable bonds is 7. The lowest BCUT2D eigenvalue weighted by Gasteiger charge is -2.14. The molecule has 0 amide bonds. The molecule has 0 saturated heterocycles. The van der Waals surface area contributed by atoms with Crippen molar-refractivity contribution in [1.29, 1.82) is 0 Å². The van der Waals surface area contributed by atoms with E-state index in [1.165, 1.54) is 21.8 Å². The first-order valence-electron chi connectivity index (χ1n) is 10.4. The topological polar surface area (TPSA) is 63.3 Å². The van der Waals surface area contributed by atoms with Gasteiger partial charge in [-0.3, -0.25) is 0 Å². The van der Waals surface area contributed by atoms with Gasteiger partial charge in [0.15, 0.2) is 11.5 Å². The van der Waals surface area contributed by atoms with Crippen LogP contribution in [0, 0.1) is 0 Å². The Morgan fingerprint density at radius 3 is 1.91 bits per heavy atom. The highest BCUT2D eigenvalue weighted by Gasteiger charge is 2.15. The van der Waals surface area contributed by atoms with Crippen LogP contribution in [0.25, 0.3) is 21.8 Å². The van der Waals surface area contributed by atoms with Crippen molar-refractivity contribution in [3.05, 3.63) is 78.1 Å². The molecule has 0 aliphatic carbocycles. The number of hydrogen-bond donors (Lipinski definition) is 0. The highest BCUT2D eigenvalue weighted by molar-refractivity contribution is 6.08. The zero-order valence-electron chi connectivity index (χ0n) is 18.3. The largest absolute Gasteiger partial charge is 0.493 e. The SMILES string of the molecule is COc1cc(Cn2cc(Cn3c4ccccc4c4ccccc43)nn2)cc(OC)c1OC. The van der Waals surface area contributed by atoms with Crippen molar-refractivity contribution < 1.29 is 14.2 Å². The molecule has 0 unspecified atom stereocenters. The molecule has 5 aromatic rings. The molecule has 0 aliphatic rings. The molecule has 0 spiro atoms. The Bertz CT molecular complexity index is 1320. The maximum atomic E-state index is 5.46. The van der Waals surface area contributed by atoms with Crippen molar-refractivity contribution >= 4 is 21.8 Å². The average Bonchev–Trinajstić information content (AvgIpc) is 3.41. The monoisotopic (exact) mass is 428 g/mol. The van der Waals surface area contributed by atoms with Crippen LogP contribution in [0.3, 0.4) is 0 Å². The van der Waals surface area contributed by atoms with Gasteiger partial charge < -0.3 is 18.8 Å². The minimum absolute atomic E-state index is 0.539. The van der Waals surface area contributed by atoms with E-state index in [1.807, 2.05) is 23.0 Å². The van der Waals surface area contributed by atoms with E-state index < -0.39 is 0 Å². The molecule has 0 radical (unpaired) electrons. The number of benzene rings is 3. The van der Waals surface area contributed by atoms with Crippen molar-refractivity contribution in [2.45, 2.75) is 13.1 Å². The van der Waals surface area contributed by atoms with E-state index in [0.717, 1.165) is 11.3 Å². The Balaban J connectivity index is 1.45. The van der Waals surface area contributed by atoms with Crippen LogP contribution in [-0.2, 0) is 13.1 Å². The standard InChI is InChI=1S/C25H24N4O3/c1-30-23-12-17(13-24(31-2)25(23)32-3)14-28-15-18(26-27-28)16-29-21-10-6-4-8-19(21)20-9-5-7-11-22(20)29/h4-13,15H,14,16H2,1-3H3. The number of para-hydroxylation sites is 2. The smallest absolute Gasteiger partial charge is 0.203 e. The van der Waals surface area contributed by atoms with Gasteiger partial charge >= 0.3 is 0 Å². The Morgan fingerprint density at radius 2 is 1.34 bits per heavy atom. The van der Waals surface area contributed by atoms with Crippen molar-refractivity contribution in [3.8, 4) is 17.2 Å². The third-order valence-corrected chi connectivity index (χ3v) is 5.66. The van der Waals surface area contributed by atoms with Crippen molar-refractivity contribution in [2.24, 2.45) is 0 Å². The van der Waals surface area contributed by atoms with Gasteiger partial charge in [-0.2, -0.15) is 0 Å². The van der Waals surface area contributed by atoms with E-state index in [-0.39, 0.29) is 0 Å². The van der Waals surface area contributed by atoms with Gasteiger partial charge in [-0.1, -0.05) is 41.6 Å². The van der Waals surface area contributed by atoms with E-state index in [0.29, 0.717) is 30.3 Å². The number of ether oxygens (including phenoxy) is 3. The van der Waals surface area contributed by atoms with Crippen LogP contribution >= 0.6 is 0 Å². The van der Waals surface area contributed by atoms with Crippen molar-refractivity contribution in [1.82, 2.24) is 19.6 Å². The fourth-order valence-corrected chi connectivity index (χ4v) is 4.24. The fourth-order valence-electron chi connectivity index (χ4n) is 4.24. The zero-order chi connectivity index (χ0) is 22.1. The van der Waals surface area contributed by atoms with Crippen LogP contribution in [0.2, 0.25) is 0 Å². The summed E-state index contributed by atoms with van der Waals surface area (Å²) in [6.45, 7) is 1.18. The summed E-state index contributed by atoms with van der Waals surface area (Å²) in [5, 5.41) is 11.3. The lowest BCUT2D eigenvalue weighted by molar-refractivity contribution is 0.323. The van der Waals surface area contributed by atoms with Gasteiger partial charge in [-0.15, -0.1) is 5.10 Å². The van der Waals surface area contributed by atoms with E-state index >= 15 is 0 Å². The predicted octanol–water partition coefficient (Wildman–Crippen LogP) is 4.51. The van der Waals surface area contributed by atoms with Crippen LogP contribution in [0.4, 0.5) is 0 Å². The van der Waals surface area contributed by atoms with Gasteiger partial charge in [-0.25, -0.2) is 4.68 Å². The summed E-state index contributed by atoms with van der Waals surface area (Å²) >= 11 is 0. The van der Waals surface area contributed by atoms with Crippen LogP contribution in [0.5, 0.6) is 17.2 Å². The molecule has 0 atom stereocenters. The summed E-state index contributed by atoms with van der Waals surface area (Å²) < 4.78 is 20.4. The number of hydrogen-bond acceptors (Lipinski definition) is 5. The van der Waals surface area contributed by atoms with Gasteiger partial charge in [0.2, 0.25) is 5.75 Å². The second-order valence-electron chi connectivity index (χ2n) is 7.56. The van der Waals surface area contributed by atoms with Crippen LogP contribution in [0.15, 0.2) is 66.9 Å². The molecule has 0 bridgehead atoms. The van der Waals surface area contributed by atoms with E-state index in [2.05, 4.69) is 63.4 Å². The third kappa shape index (κ3) is 3.41. The molecule has 0 saturated carbocycles. The first-order valence-corrected chi connectivity index (χ1v) is 10.4. The van der Waals surface area contributed by atoms with Crippen molar-refractivity contribution in [2.75, 3.05) is 21.3 Å². The molecular weight excluding hydrogens is 404 g/mol. The minimum atomic E-state index is 0.539. The molecule has 32 heavy (non-hydrogen) atoms. The molecule has 7 nitrogen and oxygen atoms in total. The molecule has 0 N–H and O–H groups in total. The van der Waals surface area contributed by atoms with Crippen LogP contribution in [0.1, 0.15) is 11.3 Å². The molecule has 162 valence electrons. The number of nitrogens with zero attached hydrogens (tertiary/aromatic N) is 4. The molecule has 2 aromatic heterocycles. The van der Waals surface area contributed by atoms with E-state index in [4.69, 9.17) is 14.2 Å². The maximum absolute atomic E-state index is 5.46. The van der Waals surface area contributed by atoms with Gasteiger partial charge in [0.25, 0.3) is 0 Å². The second kappa shape index (κ2) is 8.26. The predicted molar refractivity (Wildman–Crippen MR) is 124 cm³/mol. The minimum Gasteiger partial charge on any atom is -0.493 e. The third-order valence-electron chi connectivity index (χ3n) is 5.66. The Hall–Kier alpha value is -4.00. The first-order chi connectivity index (χ1) is 15.7. The highest BCUT2D eigenvalue weighted by atomic mass is 16.5. The molecule has 3 aromatic carbocycles. The Morgan fingerprint density at radius 1 is 0.750 bits per heavy atom. The summed E-state index contributed by atoms with van der Waals surface area (Å²) in [5.74, 6) is 1.81. The van der Waals surface area contributed by atoms with Crippen LogP contribution < -0.4 is 14.2 Å². The molecule has 0 fully saturated rings. The summed E-state index contributed by atoms with van der Waals surface area (Å²) in [6.07, 6.45) is 1.98. The summed E-state index contributed by atoms with van der Waals surface area (Å²) in [7, 11) is 4.82. The maximum Gasteiger partial charge on any atom is 0.203 e. The first kappa shape index (κ1) is 19.9. The second-order valence-corrected chi connectivity index (χ2v) is 7.56. The fraction of sp³-hybridized carbons (Fsp3) is 0.200. The molecule has 0 aliphatic heterocycles. The van der Waals surface area contributed by atoms with Gasteiger partial charge in [0.1, 0.15) is 5.69 Å². The summed E-state index contributed by atoms with van der Waals surface area (Å²) in [6, 6.07) is 20.8. The van der Waals surface area contributed by atoms with Crippen LogP contribution in [-0.4, -0.2) is 40.9 Å². The van der Waals surface area contributed by atoms with Gasteiger partial charge in [-0.05, 0) is 29.8 Å².